The number of nitrogens with one attached hydrogen (secondary N) is 1. The Labute approximate surface area is 152 Å². The number of benzene rings is 1. The highest BCUT2D eigenvalue weighted by Crippen LogP contribution is 2.27. The molecule has 6 heteroatoms. The van der Waals surface area contributed by atoms with E-state index in [1.807, 2.05) is 24.0 Å². The van der Waals surface area contributed by atoms with Gasteiger partial charge in [-0.3, -0.25) is 9.59 Å². The maximum Gasteiger partial charge on any atom is 0.270 e. The maximum absolute atomic E-state index is 12.2. The van der Waals surface area contributed by atoms with Crippen molar-refractivity contribution in [3.8, 4) is 10.6 Å². The van der Waals surface area contributed by atoms with Crippen molar-refractivity contribution in [2.24, 2.45) is 0 Å². The normalized spacial score (nSPS) is 13.9. The quantitative estimate of drug-likeness (QED) is 0.894. The van der Waals surface area contributed by atoms with Crippen LogP contribution in [0.25, 0.3) is 10.6 Å². The van der Waals surface area contributed by atoms with E-state index in [2.05, 4.69) is 23.3 Å². The molecule has 132 valence electrons. The van der Waals surface area contributed by atoms with E-state index in [4.69, 9.17) is 0 Å². The van der Waals surface area contributed by atoms with Gasteiger partial charge in [0.1, 0.15) is 10.7 Å². The third-order valence-corrected chi connectivity index (χ3v) is 5.31. The van der Waals surface area contributed by atoms with E-state index in [1.54, 1.807) is 5.38 Å². The minimum absolute atomic E-state index is 0.118. The van der Waals surface area contributed by atoms with Crippen LogP contribution in [0.2, 0.25) is 0 Å². The Hall–Kier alpha value is -2.21. The molecule has 25 heavy (non-hydrogen) atoms. The summed E-state index contributed by atoms with van der Waals surface area (Å²) >= 11 is 1.46. The van der Waals surface area contributed by atoms with E-state index >= 15 is 0 Å². The van der Waals surface area contributed by atoms with Crippen molar-refractivity contribution >= 4 is 23.2 Å². The summed E-state index contributed by atoms with van der Waals surface area (Å²) in [5.74, 6) is -0.103. The second kappa shape index (κ2) is 7.78. The predicted molar refractivity (Wildman–Crippen MR) is 99.8 cm³/mol. The molecule has 2 heterocycles. The van der Waals surface area contributed by atoms with E-state index < -0.39 is 0 Å². The standard InChI is InChI=1S/C19H23N3O2S/c1-13-5-6-15(14(2)11-13)19-21-16(12-25-19)18(24)20-8-7-17(23)22-9-3-4-10-22/h5-6,11-12H,3-4,7-10H2,1-2H3,(H,20,24). The summed E-state index contributed by atoms with van der Waals surface area (Å²) in [5, 5.41) is 5.41. The number of likely N-dealkylation sites (tertiary alicyclic amines) is 1. The number of thiazole rings is 1. The molecule has 0 radical (unpaired) electrons. The largest absolute Gasteiger partial charge is 0.350 e. The first-order valence-corrected chi connectivity index (χ1v) is 9.51. The van der Waals surface area contributed by atoms with Gasteiger partial charge in [0, 0.05) is 37.0 Å². The number of carbonyl (C=O) groups is 2. The molecule has 1 aromatic carbocycles. The molecule has 0 aliphatic carbocycles. The van der Waals surface area contributed by atoms with E-state index in [-0.39, 0.29) is 11.8 Å². The summed E-state index contributed by atoms with van der Waals surface area (Å²) in [7, 11) is 0. The number of aromatic nitrogens is 1. The smallest absolute Gasteiger partial charge is 0.270 e. The Bertz CT molecular complexity index is 779. The van der Waals surface area contributed by atoms with Crippen LogP contribution in [0.15, 0.2) is 23.6 Å². The van der Waals surface area contributed by atoms with Crippen LogP contribution >= 0.6 is 11.3 Å². The highest BCUT2D eigenvalue weighted by atomic mass is 32.1. The monoisotopic (exact) mass is 357 g/mol. The van der Waals surface area contributed by atoms with Crippen LogP contribution in [0.4, 0.5) is 0 Å². The van der Waals surface area contributed by atoms with Gasteiger partial charge in [0.25, 0.3) is 5.91 Å². The van der Waals surface area contributed by atoms with Crippen molar-refractivity contribution in [2.75, 3.05) is 19.6 Å². The van der Waals surface area contributed by atoms with Crippen molar-refractivity contribution in [2.45, 2.75) is 33.1 Å². The number of rotatable bonds is 5. The van der Waals surface area contributed by atoms with Crippen LogP contribution in [0, 0.1) is 13.8 Å². The van der Waals surface area contributed by atoms with Crippen molar-refractivity contribution in [1.29, 1.82) is 0 Å². The van der Waals surface area contributed by atoms with Crippen molar-refractivity contribution in [3.05, 3.63) is 40.4 Å². The summed E-state index contributed by atoms with van der Waals surface area (Å²) < 4.78 is 0. The minimum Gasteiger partial charge on any atom is -0.350 e. The molecule has 0 spiro atoms. The molecule has 1 N–H and O–H groups in total. The molecule has 0 bridgehead atoms. The first kappa shape index (κ1) is 17.6. The molecular weight excluding hydrogens is 334 g/mol. The lowest BCUT2D eigenvalue weighted by atomic mass is 10.1. The second-order valence-electron chi connectivity index (χ2n) is 6.45. The maximum atomic E-state index is 12.2. The predicted octanol–water partition coefficient (Wildman–Crippen LogP) is 3.17. The molecular formula is C19H23N3O2S. The third-order valence-electron chi connectivity index (χ3n) is 4.43. The SMILES string of the molecule is Cc1ccc(-c2nc(C(=O)NCCC(=O)N3CCCC3)cs2)c(C)c1. The summed E-state index contributed by atoms with van der Waals surface area (Å²) in [4.78, 5) is 30.5. The Balaban J connectivity index is 1.56. The van der Waals surface area contributed by atoms with Crippen molar-refractivity contribution in [1.82, 2.24) is 15.2 Å². The second-order valence-corrected chi connectivity index (χ2v) is 7.31. The van der Waals surface area contributed by atoms with Gasteiger partial charge in [-0.25, -0.2) is 4.98 Å². The molecule has 0 saturated carbocycles. The fraction of sp³-hybridized carbons (Fsp3) is 0.421. The van der Waals surface area contributed by atoms with Gasteiger partial charge in [-0.2, -0.15) is 0 Å². The van der Waals surface area contributed by atoms with Crippen LogP contribution in [0.5, 0.6) is 0 Å². The minimum atomic E-state index is -0.221. The lowest BCUT2D eigenvalue weighted by Gasteiger charge is -2.14. The molecule has 5 nitrogen and oxygen atoms in total. The fourth-order valence-corrected chi connectivity index (χ4v) is 3.94. The zero-order valence-corrected chi connectivity index (χ0v) is 15.5. The molecule has 1 aromatic heterocycles. The van der Waals surface area contributed by atoms with Crippen LogP contribution in [-0.2, 0) is 4.79 Å². The number of nitrogens with zero attached hydrogens (tertiary/aromatic N) is 2. The van der Waals surface area contributed by atoms with Crippen molar-refractivity contribution in [3.63, 3.8) is 0 Å². The molecule has 1 aliphatic rings. The van der Waals surface area contributed by atoms with Gasteiger partial charge >= 0.3 is 0 Å². The van der Waals surface area contributed by atoms with Gasteiger partial charge in [-0.05, 0) is 32.3 Å². The zero-order valence-electron chi connectivity index (χ0n) is 14.7. The van der Waals surface area contributed by atoms with Crippen molar-refractivity contribution < 1.29 is 9.59 Å². The summed E-state index contributed by atoms with van der Waals surface area (Å²) in [6.07, 6.45) is 2.51. The molecule has 1 aliphatic heterocycles. The van der Waals surface area contributed by atoms with Gasteiger partial charge in [-0.1, -0.05) is 23.8 Å². The number of aryl methyl sites for hydroxylation is 2. The van der Waals surface area contributed by atoms with Crippen LogP contribution < -0.4 is 5.32 Å². The molecule has 1 saturated heterocycles. The number of hydrogen-bond acceptors (Lipinski definition) is 4. The van der Waals surface area contributed by atoms with E-state index in [1.165, 1.54) is 16.9 Å². The van der Waals surface area contributed by atoms with Gasteiger partial charge < -0.3 is 10.2 Å². The van der Waals surface area contributed by atoms with Crippen LogP contribution in [-0.4, -0.2) is 41.3 Å². The first-order valence-electron chi connectivity index (χ1n) is 8.64. The lowest BCUT2D eigenvalue weighted by molar-refractivity contribution is -0.129. The number of hydrogen-bond donors (Lipinski definition) is 1. The Morgan fingerprint density at radius 3 is 2.72 bits per heavy atom. The molecule has 3 rings (SSSR count). The third kappa shape index (κ3) is 4.25. The summed E-state index contributed by atoms with van der Waals surface area (Å²) in [5.41, 5.74) is 3.82. The average Bonchev–Trinajstić information content (AvgIpc) is 3.26. The molecule has 0 unspecified atom stereocenters. The topological polar surface area (TPSA) is 62.3 Å². The van der Waals surface area contributed by atoms with E-state index in [0.29, 0.717) is 18.7 Å². The zero-order chi connectivity index (χ0) is 17.8. The highest BCUT2D eigenvalue weighted by Gasteiger charge is 2.18. The Morgan fingerprint density at radius 2 is 2.00 bits per heavy atom. The molecule has 1 fully saturated rings. The Kier molecular flexibility index (Phi) is 5.48. The van der Waals surface area contributed by atoms with E-state index in [9.17, 15) is 9.59 Å². The van der Waals surface area contributed by atoms with Gasteiger partial charge in [-0.15, -0.1) is 11.3 Å². The molecule has 0 atom stereocenters. The first-order chi connectivity index (χ1) is 12.0. The fourth-order valence-electron chi connectivity index (χ4n) is 3.05. The van der Waals surface area contributed by atoms with E-state index in [0.717, 1.165) is 42.1 Å². The van der Waals surface area contributed by atoms with Gasteiger partial charge in [0.05, 0.1) is 0 Å². The van der Waals surface area contributed by atoms with Gasteiger partial charge in [0.2, 0.25) is 5.91 Å². The number of amides is 2. The van der Waals surface area contributed by atoms with Gasteiger partial charge in [0.15, 0.2) is 0 Å². The highest BCUT2D eigenvalue weighted by molar-refractivity contribution is 7.13. The van der Waals surface area contributed by atoms with Crippen LogP contribution in [0.1, 0.15) is 40.9 Å². The Morgan fingerprint density at radius 1 is 1.24 bits per heavy atom. The molecule has 2 aromatic rings. The summed E-state index contributed by atoms with van der Waals surface area (Å²) in [6, 6.07) is 6.20. The lowest BCUT2D eigenvalue weighted by Crippen LogP contribution is -2.32. The molecule has 2 amide bonds. The average molecular weight is 357 g/mol. The van der Waals surface area contributed by atoms with Crippen LogP contribution in [0.3, 0.4) is 0 Å². The summed E-state index contributed by atoms with van der Waals surface area (Å²) in [6.45, 7) is 6.15. The number of carbonyl (C=O) groups excluding carboxylic acids is 2.